The molecule has 2 aromatic rings. The number of aryl methyl sites for hydroxylation is 1. The molecule has 3 nitrogen and oxygen atoms in total. The molecule has 0 unspecified atom stereocenters. The number of halogens is 1. The molecular formula is C11H14BrN3. The highest BCUT2D eigenvalue weighted by Crippen LogP contribution is 2.20. The summed E-state index contributed by atoms with van der Waals surface area (Å²) in [6, 6.07) is 2.11. The molecule has 0 saturated heterocycles. The Morgan fingerprint density at radius 2 is 2.20 bits per heavy atom. The quantitative estimate of drug-likeness (QED) is 0.837. The third-order valence-electron chi connectivity index (χ3n) is 2.39. The first-order chi connectivity index (χ1) is 7.11. The molecule has 0 saturated carbocycles. The minimum Gasteiger partial charge on any atom is -0.219 e. The van der Waals surface area contributed by atoms with Crippen molar-refractivity contribution in [2.75, 3.05) is 0 Å². The van der Waals surface area contributed by atoms with Gasteiger partial charge in [-0.05, 0) is 34.0 Å². The molecule has 0 aliphatic rings. The number of rotatable bonds is 2. The maximum Gasteiger partial charge on any atom is 0.169 e. The van der Waals surface area contributed by atoms with Crippen LogP contribution in [0.4, 0.5) is 0 Å². The van der Waals surface area contributed by atoms with Crippen molar-refractivity contribution in [1.29, 1.82) is 0 Å². The predicted octanol–water partition coefficient (Wildman–Crippen LogP) is 3.18. The molecule has 0 aliphatic heterocycles. The van der Waals surface area contributed by atoms with Crippen molar-refractivity contribution in [2.45, 2.75) is 33.1 Å². The summed E-state index contributed by atoms with van der Waals surface area (Å²) in [4.78, 5) is 4.49. The Balaban J connectivity index is 2.64. The molecule has 80 valence electrons. The average Bonchev–Trinajstić information content (AvgIpc) is 2.61. The van der Waals surface area contributed by atoms with Gasteiger partial charge in [-0.25, -0.2) is 9.50 Å². The van der Waals surface area contributed by atoms with Gasteiger partial charge in [-0.15, -0.1) is 0 Å². The fraction of sp³-hybridized carbons (Fsp3) is 0.455. The molecule has 0 N–H and O–H groups in total. The molecule has 2 aromatic heterocycles. The van der Waals surface area contributed by atoms with Crippen LogP contribution < -0.4 is 0 Å². The van der Waals surface area contributed by atoms with Gasteiger partial charge in [0.05, 0.1) is 4.47 Å². The Morgan fingerprint density at radius 3 is 2.80 bits per heavy atom. The first-order valence-corrected chi connectivity index (χ1v) is 5.95. The smallest absolute Gasteiger partial charge is 0.169 e. The summed E-state index contributed by atoms with van der Waals surface area (Å²) in [7, 11) is 0. The average molecular weight is 268 g/mol. The Kier molecular flexibility index (Phi) is 2.78. The van der Waals surface area contributed by atoms with Crippen LogP contribution in [0.15, 0.2) is 16.7 Å². The van der Waals surface area contributed by atoms with E-state index in [0.29, 0.717) is 5.92 Å². The molecule has 0 aromatic carbocycles. The van der Waals surface area contributed by atoms with Crippen LogP contribution in [0.2, 0.25) is 0 Å². The van der Waals surface area contributed by atoms with Gasteiger partial charge in [0.2, 0.25) is 0 Å². The molecule has 4 heteroatoms. The van der Waals surface area contributed by atoms with Gasteiger partial charge in [-0.2, -0.15) is 5.10 Å². The van der Waals surface area contributed by atoms with E-state index in [4.69, 9.17) is 0 Å². The molecule has 15 heavy (non-hydrogen) atoms. The fourth-order valence-corrected chi connectivity index (χ4v) is 2.02. The first kappa shape index (κ1) is 10.6. The molecule has 0 amide bonds. The molecule has 0 radical (unpaired) electrons. The van der Waals surface area contributed by atoms with Gasteiger partial charge in [0.1, 0.15) is 0 Å². The normalized spacial score (nSPS) is 11.5. The van der Waals surface area contributed by atoms with Gasteiger partial charge in [-0.1, -0.05) is 20.8 Å². The van der Waals surface area contributed by atoms with Crippen LogP contribution in [0.5, 0.6) is 0 Å². The Morgan fingerprint density at radius 1 is 1.47 bits per heavy atom. The summed E-state index contributed by atoms with van der Waals surface area (Å²) in [5.74, 6) is 1.26. The molecule has 2 rings (SSSR count). The summed E-state index contributed by atoms with van der Waals surface area (Å²) in [5.41, 5.74) is 2.16. The molecule has 2 heterocycles. The third-order valence-corrected chi connectivity index (χ3v) is 2.97. The summed E-state index contributed by atoms with van der Waals surface area (Å²) >= 11 is 3.53. The standard InChI is InChI=1S/C11H14BrN3/c1-4-8-5-9(12)11-13-10(7(2)3)14-15(11)6-8/h5-7H,4H2,1-3H3. The van der Waals surface area contributed by atoms with Crippen LogP contribution >= 0.6 is 15.9 Å². The van der Waals surface area contributed by atoms with Crippen molar-refractivity contribution in [3.63, 3.8) is 0 Å². The van der Waals surface area contributed by atoms with Crippen molar-refractivity contribution in [3.05, 3.63) is 28.1 Å². The highest BCUT2D eigenvalue weighted by atomic mass is 79.9. The second-order valence-corrected chi connectivity index (χ2v) is 4.80. The Labute approximate surface area is 97.6 Å². The highest BCUT2D eigenvalue weighted by molar-refractivity contribution is 9.10. The Hall–Kier alpha value is -0.900. The van der Waals surface area contributed by atoms with Gasteiger partial charge < -0.3 is 0 Å². The second-order valence-electron chi connectivity index (χ2n) is 3.94. The number of fused-ring (bicyclic) bond motifs is 1. The summed E-state index contributed by atoms with van der Waals surface area (Å²) < 4.78 is 2.87. The molecule has 0 atom stereocenters. The number of nitrogens with zero attached hydrogens (tertiary/aromatic N) is 3. The van der Waals surface area contributed by atoms with E-state index in [-0.39, 0.29) is 0 Å². The van der Waals surface area contributed by atoms with Crippen LogP contribution in [0.1, 0.15) is 38.1 Å². The maximum atomic E-state index is 4.49. The Bertz CT molecular complexity index is 488. The molecule has 0 aliphatic carbocycles. The van der Waals surface area contributed by atoms with E-state index < -0.39 is 0 Å². The van der Waals surface area contributed by atoms with Gasteiger partial charge >= 0.3 is 0 Å². The molecule has 0 bridgehead atoms. The zero-order valence-corrected chi connectivity index (χ0v) is 10.7. The van der Waals surface area contributed by atoms with Crippen molar-refractivity contribution < 1.29 is 0 Å². The highest BCUT2D eigenvalue weighted by Gasteiger charge is 2.10. The lowest BCUT2D eigenvalue weighted by atomic mass is 10.2. The fourth-order valence-electron chi connectivity index (χ4n) is 1.45. The van der Waals surface area contributed by atoms with Crippen molar-refractivity contribution >= 4 is 21.6 Å². The van der Waals surface area contributed by atoms with E-state index in [1.165, 1.54) is 5.56 Å². The van der Waals surface area contributed by atoms with Crippen LogP contribution in [-0.2, 0) is 6.42 Å². The van der Waals surface area contributed by atoms with E-state index >= 15 is 0 Å². The van der Waals surface area contributed by atoms with Crippen LogP contribution in [0, 0.1) is 0 Å². The minimum absolute atomic E-state index is 0.363. The lowest BCUT2D eigenvalue weighted by Gasteiger charge is -1.99. The summed E-state index contributed by atoms with van der Waals surface area (Å²) in [5, 5.41) is 4.46. The van der Waals surface area contributed by atoms with Crippen molar-refractivity contribution in [2.24, 2.45) is 0 Å². The van der Waals surface area contributed by atoms with Crippen molar-refractivity contribution in [1.82, 2.24) is 14.6 Å². The van der Waals surface area contributed by atoms with Gasteiger partial charge in [-0.3, -0.25) is 0 Å². The van der Waals surface area contributed by atoms with E-state index in [1.54, 1.807) is 0 Å². The molecule has 0 fully saturated rings. The number of pyridine rings is 1. The van der Waals surface area contributed by atoms with E-state index in [2.05, 4.69) is 52.9 Å². The van der Waals surface area contributed by atoms with Gasteiger partial charge in [0, 0.05) is 12.1 Å². The largest absolute Gasteiger partial charge is 0.219 e. The van der Waals surface area contributed by atoms with Crippen LogP contribution in [0.25, 0.3) is 5.65 Å². The molecule has 0 spiro atoms. The topological polar surface area (TPSA) is 30.2 Å². The lowest BCUT2D eigenvalue weighted by molar-refractivity contribution is 0.764. The zero-order valence-electron chi connectivity index (χ0n) is 9.16. The zero-order chi connectivity index (χ0) is 11.0. The van der Waals surface area contributed by atoms with Crippen LogP contribution in [0.3, 0.4) is 0 Å². The van der Waals surface area contributed by atoms with Crippen molar-refractivity contribution in [3.8, 4) is 0 Å². The first-order valence-electron chi connectivity index (χ1n) is 5.16. The van der Waals surface area contributed by atoms with E-state index in [0.717, 1.165) is 22.4 Å². The van der Waals surface area contributed by atoms with E-state index in [9.17, 15) is 0 Å². The minimum atomic E-state index is 0.363. The van der Waals surface area contributed by atoms with E-state index in [1.807, 2.05) is 10.7 Å². The lowest BCUT2D eigenvalue weighted by Crippen LogP contribution is -1.93. The van der Waals surface area contributed by atoms with Gasteiger partial charge in [0.15, 0.2) is 11.5 Å². The third kappa shape index (κ3) is 1.91. The molecular weight excluding hydrogens is 254 g/mol. The summed E-state index contributed by atoms with van der Waals surface area (Å²) in [6.07, 6.45) is 3.05. The monoisotopic (exact) mass is 267 g/mol. The predicted molar refractivity (Wildman–Crippen MR) is 64.2 cm³/mol. The van der Waals surface area contributed by atoms with Crippen LogP contribution in [-0.4, -0.2) is 14.6 Å². The number of hydrogen-bond donors (Lipinski definition) is 0. The number of hydrogen-bond acceptors (Lipinski definition) is 2. The second kappa shape index (κ2) is 3.93. The number of aromatic nitrogens is 3. The summed E-state index contributed by atoms with van der Waals surface area (Å²) in [6.45, 7) is 6.33. The SMILES string of the molecule is CCc1cc(Br)c2nc(C(C)C)nn2c1. The maximum absolute atomic E-state index is 4.49. The van der Waals surface area contributed by atoms with Gasteiger partial charge in [0.25, 0.3) is 0 Å².